The summed E-state index contributed by atoms with van der Waals surface area (Å²) in [4.78, 5) is 0.263. The summed E-state index contributed by atoms with van der Waals surface area (Å²) in [6, 6.07) is 3.29. The van der Waals surface area contributed by atoms with Crippen LogP contribution < -0.4 is 15.2 Å². The Kier molecular flexibility index (Phi) is 2.76. The summed E-state index contributed by atoms with van der Waals surface area (Å²) in [5.74, 6) is 1.07. The minimum atomic E-state index is -3.34. The summed E-state index contributed by atoms with van der Waals surface area (Å²) in [5.41, 5.74) is 6.40. The molecule has 1 aliphatic heterocycles. The number of benzene rings is 1. The van der Waals surface area contributed by atoms with Crippen LogP contribution in [0.3, 0.4) is 0 Å². The van der Waals surface area contributed by atoms with Crippen LogP contribution in [-0.2, 0) is 15.4 Å². The van der Waals surface area contributed by atoms with Gasteiger partial charge in [0.25, 0.3) is 0 Å². The number of fused-ring (bicyclic) bond motifs is 1. The van der Waals surface area contributed by atoms with Crippen LogP contribution in [-0.4, -0.2) is 27.9 Å². The molecule has 1 fully saturated rings. The highest BCUT2D eigenvalue weighted by atomic mass is 32.2. The zero-order valence-corrected chi connectivity index (χ0v) is 11.6. The first-order valence-electron chi connectivity index (χ1n) is 6.33. The Morgan fingerprint density at radius 1 is 1.16 bits per heavy atom. The molecule has 0 amide bonds. The Morgan fingerprint density at radius 2 is 1.74 bits per heavy atom. The fraction of sp³-hybridized carbons (Fsp3) is 0.538. The van der Waals surface area contributed by atoms with E-state index >= 15 is 0 Å². The quantitative estimate of drug-likeness (QED) is 0.882. The normalized spacial score (nSPS) is 20.7. The maximum Gasteiger partial charge on any atom is 0.176 e. The van der Waals surface area contributed by atoms with E-state index in [4.69, 9.17) is 15.2 Å². The molecule has 3 rings (SSSR count). The van der Waals surface area contributed by atoms with Gasteiger partial charge in [0.05, 0.1) is 4.90 Å². The van der Waals surface area contributed by atoms with E-state index in [2.05, 4.69) is 0 Å². The van der Waals surface area contributed by atoms with Gasteiger partial charge in [-0.1, -0.05) is 0 Å². The lowest BCUT2D eigenvalue weighted by Gasteiger charge is -2.40. The summed E-state index contributed by atoms with van der Waals surface area (Å²) >= 11 is 0. The number of sulfone groups is 1. The van der Waals surface area contributed by atoms with Crippen molar-refractivity contribution in [3.63, 3.8) is 0 Å². The van der Waals surface area contributed by atoms with Crippen LogP contribution in [0.2, 0.25) is 0 Å². The highest BCUT2D eigenvalue weighted by Gasteiger charge is 2.39. The third-order valence-corrected chi connectivity index (χ3v) is 4.96. The molecule has 0 atom stereocenters. The molecule has 0 radical (unpaired) electrons. The highest BCUT2D eigenvalue weighted by molar-refractivity contribution is 7.90. The molecule has 2 N–H and O–H groups in total. The maximum absolute atomic E-state index is 12.0. The molecular weight excluding hydrogens is 266 g/mol. The SMILES string of the molecule is CS(=O)(=O)c1cc2c(cc1C1(N)CCC1)OCCO2. The van der Waals surface area contributed by atoms with Crippen LogP contribution in [0.4, 0.5) is 0 Å². The van der Waals surface area contributed by atoms with E-state index in [1.807, 2.05) is 0 Å². The van der Waals surface area contributed by atoms with Gasteiger partial charge in [-0.05, 0) is 30.9 Å². The molecule has 1 aromatic rings. The van der Waals surface area contributed by atoms with Gasteiger partial charge in [-0.25, -0.2) is 8.42 Å². The third-order valence-electron chi connectivity index (χ3n) is 3.83. The smallest absolute Gasteiger partial charge is 0.176 e. The van der Waals surface area contributed by atoms with E-state index in [0.29, 0.717) is 30.3 Å². The molecule has 0 saturated heterocycles. The lowest BCUT2D eigenvalue weighted by atomic mass is 9.72. The first-order valence-corrected chi connectivity index (χ1v) is 8.22. The second-order valence-electron chi connectivity index (χ2n) is 5.27. The molecule has 1 aliphatic carbocycles. The van der Waals surface area contributed by atoms with Crippen molar-refractivity contribution in [1.29, 1.82) is 0 Å². The Morgan fingerprint density at radius 3 is 2.21 bits per heavy atom. The number of rotatable bonds is 2. The zero-order valence-electron chi connectivity index (χ0n) is 10.8. The topological polar surface area (TPSA) is 78.6 Å². The van der Waals surface area contributed by atoms with Crippen molar-refractivity contribution in [2.24, 2.45) is 5.73 Å². The fourth-order valence-electron chi connectivity index (χ4n) is 2.59. The molecule has 1 aromatic carbocycles. The van der Waals surface area contributed by atoms with Crippen LogP contribution in [0, 0.1) is 0 Å². The lowest BCUT2D eigenvalue weighted by molar-refractivity contribution is 0.169. The summed E-state index contributed by atoms with van der Waals surface area (Å²) < 4.78 is 34.9. The Labute approximate surface area is 112 Å². The van der Waals surface area contributed by atoms with Crippen molar-refractivity contribution < 1.29 is 17.9 Å². The van der Waals surface area contributed by atoms with E-state index in [9.17, 15) is 8.42 Å². The zero-order chi connectivity index (χ0) is 13.7. The average molecular weight is 283 g/mol. The Hall–Kier alpha value is -1.27. The molecule has 5 nitrogen and oxygen atoms in total. The van der Waals surface area contributed by atoms with Crippen LogP contribution >= 0.6 is 0 Å². The van der Waals surface area contributed by atoms with E-state index in [1.54, 1.807) is 12.1 Å². The van der Waals surface area contributed by atoms with Crippen molar-refractivity contribution in [2.75, 3.05) is 19.5 Å². The molecule has 0 aromatic heterocycles. The molecule has 19 heavy (non-hydrogen) atoms. The third kappa shape index (κ3) is 2.08. The first kappa shape index (κ1) is 12.7. The van der Waals surface area contributed by atoms with E-state index in [-0.39, 0.29) is 4.90 Å². The molecular formula is C13H17NO4S. The minimum Gasteiger partial charge on any atom is -0.486 e. The predicted octanol–water partition coefficient (Wildman–Crippen LogP) is 1.20. The van der Waals surface area contributed by atoms with Gasteiger partial charge in [0.15, 0.2) is 21.3 Å². The van der Waals surface area contributed by atoms with Crippen LogP contribution in [0.5, 0.6) is 11.5 Å². The van der Waals surface area contributed by atoms with Crippen LogP contribution in [0.15, 0.2) is 17.0 Å². The van der Waals surface area contributed by atoms with Gasteiger partial charge in [0.1, 0.15) is 13.2 Å². The number of ether oxygens (including phenoxy) is 2. The summed E-state index contributed by atoms with van der Waals surface area (Å²) in [5, 5.41) is 0. The first-order chi connectivity index (χ1) is 8.90. The van der Waals surface area contributed by atoms with Crippen molar-refractivity contribution in [3.8, 4) is 11.5 Å². The van der Waals surface area contributed by atoms with Crippen molar-refractivity contribution in [3.05, 3.63) is 17.7 Å². The van der Waals surface area contributed by atoms with Crippen LogP contribution in [0.25, 0.3) is 0 Å². The lowest BCUT2D eigenvalue weighted by Crippen LogP contribution is -2.44. The second-order valence-corrected chi connectivity index (χ2v) is 7.26. The molecule has 2 aliphatic rings. The Balaban J connectivity index is 2.20. The van der Waals surface area contributed by atoms with Gasteiger partial charge in [0, 0.05) is 17.9 Å². The predicted molar refractivity (Wildman–Crippen MR) is 70.3 cm³/mol. The van der Waals surface area contributed by atoms with Crippen LogP contribution in [0.1, 0.15) is 24.8 Å². The summed E-state index contributed by atoms with van der Waals surface area (Å²) in [6.07, 6.45) is 3.82. The van der Waals surface area contributed by atoms with Gasteiger partial charge in [-0.15, -0.1) is 0 Å². The molecule has 104 valence electrons. The standard InChI is InChI=1S/C13H17NO4S/c1-19(15,16)12-8-11-10(17-5-6-18-11)7-9(12)13(14)3-2-4-13/h7-8H,2-6,14H2,1H3. The number of nitrogens with two attached hydrogens (primary N) is 1. The second kappa shape index (κ2) is 4.11. The molecule has 1 heterocycles. The summed E-state index contributed by atoms with van der Waals surface area (Å²) in [6.45, 7) is 0.908. The van der Waals surface area contributed by atoms with Crippen molar-refractivity contribution >= 4 is 9.84 Å². The van der Waals surface area contributed by atoms with Gasteiger partial charge in [-0.3, -0.25) is 0 Å². The van der Waals surface area contributed by atoms with Crippen molar-refractivity contribution in [1.82, 2.24) is 0 Å². The van der Waals surface area contributed by atoms with E-state index in [1.165, 1.54) is 6.26 Å². The summed E-state index contributed by atoms with van der Waals surface area (Å²) in [7, 11) is -3.34. The molecule has 0 unspecified atom stereocenters. The van der Waals surface area contributed by atoms with Gasteiger partial charge >= 0.3 is 0 Å². The molecule has 1 saturated carbocycles. The largest absolute Gasteiger partial charge is 0.486 e. The van der Waals surface area contributed by atoms with E-state index in [0.717, 1.165) is 19.3 Å². The Bertz CT molecular complexity index is 620. The molecule has 0 bridgehead atoms. The van der Waals surface area contributed by atoms with Gasteiger partial charge in [0.2, 0.25) is 0 Å². The van der Waals surface area contributed by atoms with Gasteiger partial charge < -0.3 is 15.2 Å². The molecule has 6 heteroatoms. The number of hydrogen-bond acceptors (Lipinski definition) is 5. The highest BCUT2D eigenvalue weighted by Crippen LogP contribution is 2.45. The van der Waals surface area contributed by atoms with Crippen molar-refractivity contribution in [2.45, 2.75) is 29.7 Å². The average Bonchev–Trinajstić information content (AvgIpc) is 2.33. The minimum absolute atomic E-state index is 0.263. The maximum atomic E-state index is 12.0. The monoisotopic (exact) mass is 283 g/mol. The number of hydrogen-bond donors (Lipinski definition) is 1. The fourth-order valence-corrected chi connectivity index (χ4v) is 3.58. The van der Waals surface area contributed by atoms with Gasteiger partial charge in [-0.2, -0.15) is 0 Å². The molecule has 0 spiro atoms. The van der Waals surface area contributed by atoms with E-state index < -0.39 is 15.4 Å².